The standard InChI is InChI=1S/C16H19BrN4O2/c17-12-1-2-14-13(7-12)16(23)21(10-19-14)6-4-15(22)20-5-3-11(8-18)9-20/h1-2,7,10-11H,3-6,8-9,18H2. The number of benzene rings is 1. The first kappa shape index (κ1) is 16.1. The maximum absolute atomic E-state index is 12.5. The molecule has 1 aromatic carbocycles. The lowest BCUT2D eigenvalue weighted by molar-refractivity contribution is -0.130. The minimum atomic E-state index is -0.120. The SMILES string of the molecule is NCC1CCN(C(=O)CCn2cnc3ccc(Br)cc3c2=O)C1. The summed E-state index contributed by atoms with van der Waals surface area (Å²) in [5, 5.41) is 0.554. The maximum Gasteiger partial charge on any atom is 0.261 e. The van der Waals surface area contributed by atoms with Gasteiger partial charge in [0, 0.05) is 30.5 Å². The zero-order valence-corrected chi connectivity index (χ0v) is 14.3. The quantitative estimate of drug-likeness (QED) is 0.870. The Labute approximate surface area is 142 Å². The van der Waals surface area contributed by atoms with Crippen LogP contribution in [0.25, 0.3) is 10.9 Å². The fraction of sp³-hybridized carbons (Fsp3) is 0.438. The molecule has 0 saturated carbocycles. The highest BCUT2D eigenvalue weighted by Crippen LogP contribution is 2.16. The lowest BCUT2D eigenvalue weighted by Gasteiger charge is -2.16. The summed E-state index contributed by atoms with van der Waals surface area (Å²) in [6, 6.07) is 5.41. The summed E-state index contributed by atoms with van der Waals surface area (Å²) in [4.78, 5) is 30.9. The highest BCUT2D eigenvalue weighted by atomic mass is 79.9. The van der Waals surface area contributed by atoms with Crippen LogP contribution < -0.4 is 11.3 Å². The fourth-order valence-electron chi connectivity index (χ4n) is 2.92. The van der Waals surface area contributed by atoms with Gasteiger partial charge in [0.05, 0.1) is 17.2 Å². The van der Waals surface area contributed by atoms with E-state index in [9.17, 15) is 9.59 Å². The molecule has 0 spiro atoms. The second-order valence-electron chi connectivity index (χ2n) is 5.88. The van der Waals surface area contributed by atoms with E-state index in [1.165, 1.54) is 10.9 Å². The van der Waals surface area contributed by atoms with E-state index in [1.54, 1.807) is 12.1 Å². The summed E-state index contributed by atoms with van der Waals surface area (Å²) >= 11 is 3.36. The van der Waals surface area contributed by atoms with Crippen LogP contribution in [-0.4, -0.2) is 40.0 Å². The van der Waals surface area contributed by atoms with Crippen molar-refractivity contribution in [2.24, 2.45) is 11.7 Å². The van der Waals surface area contributed by atoms with Gasteiger partial charge in [-0.3, -0.25) is 14.2 Å². The molecule has 1 fully saturated rings. The number of hydrogen-bond acceptors (Lipinski definition) is 4. The number of halogens is 1. The van der Waals surface area contributed by atoms with E-state index in [0.717, 1.165) is 24.0 Å². The summed E-state index contributed by atoms with van der Waals surface area (Å²) < 4.78 is 2.34. The Bertz CT molecular complexity index is 789. The molecule has 1 aliphatic rings. The molecule has 1 unspecified atom stereocenters. The van der Waals surface area contributed by atoms with Gasteiger partial charge in [-0.25, -0.2) is 4.98 Å². The molecular weight excluding hydrogens is 360 g/mol. The van der Waals surface area contributed by atoms with Crippen LogP contribution in [0.3, 0.4) is 0 Å². The molecule has 6 nitrogen and oxygen atoms in total. The number of aryl methyl sites for hydroxylation is 1. The lowest BCUT2D eigenvalue weighted by Crippen LogP contribution is -2.31. The van der Waals surface area contributed by atoms with Gasteiger partial charge < -0.3 is 10.6 Å². The molecule has 1 aliphatic heterocycles. The molecule has 2 aromatic rings. The molecule has 1 aromatic heterocycles. The Kier molecular flexibility index (Phi) is 4.77. The van der Waals surface area contributed by atoms with Crippen LogP contribution in [0.4, 0.5) is 0 Å². The molecule has 1 amide bonds. The van der Waals surface area contributed by atoms with Gasteiger partial charge in [-0.05, 0) is 37.1 Å². The van der Waals surface area contributed by atoms with Crippen molar-refractivity contribution in [3.63, 3.8) is 0 Å². The van der Waals surface area contributed by atoms with Gasteiger partial charge in [-0.1, -0.05) is 15.9 Å². The van der Waals surface area contributed by atoms with E-state index in [4.69, 9.17) is 5.73 Å². The Morgan fingerprint density at radius 2 is 2.26 bits per heavy atom. The first-order valence-electron chi connectivity index (χ1n) is 7.71. The highest BCUT2D eigenvalue weighted by Gasteiger charge is 2.24. The number of carbonyl (C=O) groups excluding carboxylic acids is 1. The number of aromatic nitrogens is 2. The second-order valence-corrected chi connectivity index (χ2v) is 6.80. The topological polar surface area (TPSA) is 81.2 Å². The molecular formula is C16H19BrN4O2. The minimum absolute atomic E-state index is 0.0715. The molecule has 0 aliphatic carbocycles. The van der Waals surface area contributed by atoms with Gasteiger partial charge in [0.25, 0.3) is 5.56 Å². The number of likely N-dealkylation sites (tertiary alicyclic amines) is 1. The van der Waals surface area contributed by atoms with Gasteiger partial charge >= 0.3 is 0 Å². The summed E-state index contributed by atoms with van der Waals surface area (Å²) in [7, 11) is 0. The first-order chi connectivity index (χ1) is 11.1. The largest absolute Gasteiger partial charge is 0.342 e. The van der Waals surface area contributed by atoms with Gasteiger partial charge in [-0.2, -0.15) is 0 Å². The van der Waals surface area contributed by atoms with Gasteiger partial charge in [0.15, 0.2) is 0 Å². The van der Waals surface area contributed by atoms with E-state index in [1.807, 2.05) is 11.0 Å². The van der Waals surface area contributed by atoms with Crippen LogP contribution in [-0.2, 0) is 11.3 Å². The summed E-state index contributed by atoms with van der Waals surface area (Å²) in [5.41, 5.74) is 6.19. The molecule has 3 rings (SSSR count). The Hall–Kier alpha value is -1.73. The predicted molar refractivity (Wildman–Crippen MR) is 92.1 cm³/mol. The summed E-state index contributed by atoms with van der Waals surface area (Å²) in [5.74, 6) is 0.476. The molecule has 0 bridgehead atoms. The van der Waals surface area contributed by atoms with E-state index >= 15 is 0 Å². The number of hydrogen-bond donors (Lipinski definition) is 1. The molecule has 23 heavy (non-hydrogen) atoms. The van der Waals surface area contributed by atoms with Crippen LogP contribution in [0.5, 0.6) is 0 Å². The Balaban J connectivity index is 1.71. The number of amides is 1. The molecule has 1 atom stereocenters. The van der Waals surface area contributed by atoms with Gasteiger partial charge in [0.2, 0.25) is 5.91 Å². The first-order valence-corrected chi connectivity index (χ1v) is 8.50. The van der Waals surface area contributed by atoms with Crippen LogP contribution in [0.1, 0.15) is 12.8 Å². The van der Waals surface area contributed by atoms with E-state index in [0.29, 0.717) is 36.3 Å². The molecule has 1 saturated heterocycles. The van der Waals surface area contributed by atoms with Crippen LogP contribution in [0, 0.1) is 5.92 Å². The predicted octanol–water partition coefficient (Wildman–Crippen LogP) is 1.36. The number of carbonyl (C=O) groups is 1. The van der Waals surface area contributed by atoms with E-state index in [-0.39, 0.29) is 11.5 Å². The zero-order valence-electron chi connectivity index (χ0n) is 12.7. The van der Waals surface area contributed by atoms with Crippen molar-refractivity contribution in [1.82, 2.24) is 14.5 Å². The number of rotatable bonds is 4. The average molecular weight is 379 g/mol. The average Bonchev–Trinajstić information content (AvgIpc) is 3.04. The van der Waals surface area contributed by atoms with Gasteiger partial charge in [0.1, 0.15) is 0 Å². The summed E-state index contributed by atoms with van der Waals surface area (Å²) in [6.07, 6.45) is 2.78. The van der Waals surface area contributed by atoms with E-state index < -0.39 is 0 Å². The highest BCUT2D eigenvalue weighted by molar-refractivity contribution is 9.10. The third-order valence-corrected chi connectivity index (χ3v) is 4.82. The smallest absolute Gasteiger partial charge is 0.261 e. The number of nitrogens with zero attached hydrogens (tertiary/aromatic N) is 3. The number of nitrogens with two attached hydrogens (primary N) is 1. The Morgan fingerprint density at radius 3 is 3.00 bits per heavy atom. The molecule has 122 valence electrons. The lowest BCUT2D eigenvalue weighted by atomic mass is 10.1. The van der Waals surface area contributed by atoms with Crippen molar-refractivity contribution < 1.29 is 4.79 Å². The third-order valence-electron chi connectivity index (χ3n) is 4.32. The van der Waals surface area contributed by atoms with Crippen molar-refractivity contribution in [3.05, 3.63) is 39.4 Å². The number of fused-ring (bicyclic) bond motifs is 1. The third kappa shape index (κ3) is 3.45. The molecule has 7 heteroatoms. The van der Waals surface area contributed by atoms with Crippen molar-refractivity contribution in [2.45, 2.75) is 19.4 Å². The molecule has 0 radical (unpaired) electrons. The minimum Gasteiger partial charge on any atom is -0.342 e. The van der Waals surface area contributed by atoms with Crippen molar-refractivity contribution in [1.29, 1.82) is 0 Å². The fourth-order valence-corrected chi connectivity index (χ4v) is 3.28. The van der Waals surface area contributed by atoms with Crippen LogP contribution >= 0.6 is 15.9 Å². The normalized spacial score (nSPS) is 17.8. The Morgan fingerprint density at radius 1 is 1.43 bits per heavy atom. The van der Waals surface area contributed by atoms with Crippen molar-refractivity contribution >= 4 is 32.7 Å². The van der Waals surface area contributed by atoms with Crippen LogP contribution in [0.2, 0.25) is 0 Å². The second kappa shape index (κ2) is 6.80. The van der Waals surface area contributed by atoms with Crippen molar-refractivity contribution in [2.75, 3.05) is 19.6 Å². The van der Waals surface area contributed by atoms with Gasteiger partial charge in [-0.15, -0.1) is 0 Å². The van der Waals surface area contributed by atoms with E-state index in [2.05, 4.69) is 20.9 Å². The molecule has 2 heterocycles. The monoisotopic (exact) mass is 378 g/mol. The molecule has 2 N–H and O–H groups in total. The maximum atomic E-state index is 12.5. The van der Waals surface area contributed by atoms with Crippen molar-refractivity contribution in [3.8, 4) is 0 Å². The summed E-state index contributed by atoms with van der Waals surface area (Å²) in [6.45, 7) is 2.45. The zero-order chi connectivity index (χ0) is 16.4. The van der Waals surface area contributed by atoms with Crippen LogP contribution in [0.15, 0.2) is 33.8 Å².